The summed E-state index contributed by atoms with van der Waals surface area (Å²) in [4.78, 5) is 14.6. The number of carbonyl (C=O) groups excluding carboxylic acids is 1. The van der Waals surface area contributed by atoms with Gasteiger partial charge < -0.3 is 4.84 Å². The van der Waals surface area contributed by atoms with Crippen molar-refractivity contribution in [3.05, 3.63) is 0 Å². The van der Waals surface area contributed by atoms with Crippen LogP contribution in [0, 0.1) is 0 Å². The van der Waals surface area contributed by atoms with E-state index in [1.165, 1.54) is 5.06 Å². The Morgan fingerprint density at radius 1 is 1.86 bits per heavy atom. The van der Waals surface area contributed by atoms with Gasteiger partial charge in [0, 0.05) is 7.05 Å². The van der Waals surface area contributed by atoms with E-state index < -0.39 is 0 Å². The van der Waals surface area contributed by atoms with E-state index in [1.54, 1.807) is 14.0 Å². The molecular weight excluding hydrogens is 94.0 g/mol. The predicted octanol–water partition coefficient (Wildman–Crippen LogP) is -0.222. The lowest BCUT2D eigenvalue weighted by Gasteiger charge is -2.31. The Morgan fingerprint density at radius 3 is 2.43 bits per heavy atom. The summed E-state index contributed by atoms with van der Waals surface area (Å²) in [6.07, 6.45) is 0. The van der Waals surface area contributed by atoms with Crippen molar-refractivity contribution in [2.24, 2.45) is 0 Å². The molecule has 1 fully saturated rings. The Bertz CT molecular complexity index is 102. The summed E-state index contributed by atoms with van der Waals surface area (Å²) in [7, 11) is 1.73. The molecule has 3 nitrogen and oxygen atoms in total. The van der Waals surface area contributed by atoms with Crippen LogP contribution in [0.1, 0.15) is 6.92 Å². The monoisotopic (exact) mass is 101 g/mol. The second kappa shape index (κ2) is 1.20. The summed E-state index contributed by atoms with van der Waals surface area (Å²) in [5.41, 5.74) is 0. The Kier molecular flexibility index (Phi) is 0.785. The number of likely N-dealkylation sites (N-methyl/N-ethyl adjacent to an activating group) is 1. The van der Waals surface area contributed by atoms with Crippen LogP contribution in [-0.2, 0) is 9.63 Å². The fraction of sp³-hybridized carbons (Fsp3) is 0.750. The molecule has 1 aliphatic rings. The molecule has 7 heavy (non-hydrogen) atoms. The van der Waals surface area contributed by atoms with Gasteiger partial charge in [0.25, 0.3) is 0 Å². The molecule has 0 amide bonds. The van der Waals surface area contributed by atoms with E-state index in [-0.39, 0.29) is 12.0 Å². The smallest absolute Gasteiger partial charge is 0.345 e. The van der Waals surface area contributed by atoms with E-state index in [9.17, 15) is 4.79 Å². The summed E-state index contributed by atoms with van der Waals surface area (Å²) in [5.74, 6) is -0.137. The molecule has 0 spiro atoms. The third-order valence-corrected chi connectivity index (χ3v) is 1.12. The molecular formula is C4H7NO2. The number of hydroxylamine groups is 2. The molecule has 0 aromatic rings. The van der Waals surface area contributed by atoms with Crippen LogP contribution >= 0.6 is 0 Å². The van der Waals surface area contributed by atoms with Crippen LogP contribution < -0.4 is 0 Å². The lowest BCUT2D eigenvalue weighted by Crippen LogP contribution is -2.50. The molecule has 1 aliphatic heterocycles. The molecule has 1 saturated heterocycles. The maximum absolute atomic E-state index is 10.2. The quantitative estimate of drug-likeness (QED) is 0.422. The average Bonchev–Trinajstić information content (AvgIpc) is 1.68. The summed E-state index contributed by atoms with van der Waals surface area (Å²) < 4.78 is 0. The van der Waals surface area contributed by atoms with Gasteiger partial charge in [-0.15, -0.1) is 5.06 Å². The maximum atomic E-state index is 10.2. The normalized spacial score (nSPS) is 31.7. The van der Waals surface area contributed by atoms with Crippen molar-refractivity contribution < 1.29 is 9.63 Å². The van der Waals surface area contributed by atoms with Crippen molar-refractivity contribution in [2.45, 2.75) is 13.0 Å². The molecule has 0 bridgehead atoms. The molecule has 1 atom stereocenters. The van der Waals surface area contributed by atoms with E-state index in [0.717, 1.165) is 0 Å². The van der Waals surface area contributed by atoms with Gasteiger partial charge in [-0.2, -0.15) is 0 Å². The van der Waals surface area contributed by atoms with Gasteiger partial charge in [0.05, 0.1) is 0 Å². The SMILES string of the molecule is CC1C(=O)ON1C. The number of carbonyl (C=O) groups is 1. The van der Waals surface area contributed by atoms with E-state index in [4.69, 9.17) is 0 Å². The van der Waals surface area contributed by atoms with Crippen molar-refractivity contribution in [2.75, 3.05) is 7.05 Å². The van der Waals surface area contributed by atoms with Crippen LogP contribution in [0.5, 0.6) is 0 Å². The van der Waals surface area contributed by atoms with Gasteiger partial charge in [-0.1, -0.05) is 0 Å². The zero-order valence-corrected chi connectivity index (χ0v) is 4.34. The highest BCUT2D eigenvalue weighted by molar-refractivity contribution is 5.78. The fourth-order valence-corrected chi connectivity index (χ4v) is 0.397. The van der Waals surface area contributed by atoms with Crippen molar-refractivity contribution in [1.82, 2.24) is 5.06 Å². The number of rotatable bonds is 0. The molecule has 1 heterocycles. The highest BCUT2D eigenvalue weighted by Crippen LogP contribution is 2.09. The van der Waals surface area contributed by atoms with Gasteiger partial charge in [0.1, 0.15) is 6.04 Å². The van der Waals surface area contributed by atoms with Crippen LogP contribution in [0.4, 0.5) is 0 Å². The highest BCUT2D eigenvalue weighted by atomic mass is 16.7. The number of hydrogen-bond donors (Lipinski definition) is 0. The molecule has 0 aromatic carbocycles. The second-order valence-electron chi connectivity index (χ2n) is 1.63. The van der Waals surface area contributed by atoms with Gasteiger partial charge >= 0.3 is 5.97 Å². The average molecular weight is 101 g/mol. The zero-order valence-electron chi connectivity index (χ0n) is 4.34. The maximum Gasteiger partial charge on any atom is 0.345 e. The minimum atomic E-state index is -0.137. The van der Waals surface area contributed by atoms with Gasteiger partial charge in [0.2, 0.25) is 0 Å². The van der Waals surface area contributed by atoms with Crippen LogP contribution in [0.15, 0.2) is 0 Å². The predicted molar refractivity (Wildman–Crippen MR) is 23.3 cm³/mol. The van der Waals surface area contributed by atoms with E-state index >= 15 is 0 Å². The molecule has 1 rings (SSSR count). The standard InChI is InChI=1S/C4H7NO2/c1-3-4(6)7-5(3)2/h3H,1-2H3. The Labute approximate surface area is 41.8 Å². The molecule has 40 valence electrons. The number of nitrogens with zero attached hydrogens (tertiary/aromatic N) is 1. The lowest BCUT2D eigenvalue weighted by atomic mass is 10.3. The molecule has 0 radical (unpaired) electrons. The third-order valence-electron chi connectivity index (χ3n) is 1.12. The lowest BCUT2D eigenvalue weighted by molar-refractivity contribution is -0.245. The first-order valence-corrected chi connectivity index (χ1v) is 2.16. The molecule has 0 aliphatic carbocycles. The van der Waals surface area contributed by atoms with Crippen molar-refractivity contribution in [3.8, 4) is 0 Å². The minimum absolute atomic E-state index is 0.0278. The zero-order chi connectivity index (χ0) is 5.44. The van der Waals surface area contributed by atoms with Crippen LogP contribution in [0.3, 0.4) is 0 Å². The molecule has 0 saturated carbocycles. The van der Waals surface area contributed by atoms with Crippen molar-refractivity contribution in [3.63, 3.8) is 0 Å². The van der Waals surface area contributed by atoms with Crippen LogP contribution in [-0.4, -0.2) is 24.1 Å². The van der Waals surface area contributed by atoms with Gasteiger partial charge in [0.15, 0.2) is 0 Å². The summed E-state index contributed by atoms with van der Waals surface area (Å²) in [5, 5.41) is 1.52. The van der Waals surface area contributed by atoms with Crippen molar-refractivity contribution in [1.29, 1.82) is 0 Å². The summed E-state index contributed by atoms with van der Waals surface area (Å²) >= 11 is 0. The Balaban J connectivity index is 2.43. The van der Waals surface area contributed by atoms with Gasteiger partial charge in [-0.3, -0.25) is 0 Å². The fourth-order valence-electron chi connectivity index (χ4n) is 0.397. The summed E-state index contributed by atoms with van der Waals surface area (Å²) in [6.45, 7) is 1.80. The summed E-state index contributed by atoms with van der Waals surface area (Å²) in [6, 6.07) is -0.0278. The molecule has 0 N–H and O–H groups in total. The third kappa shape index (κ3) is 0.489. The Morgan fingerprint density at radius 2 is 2.43 bits per heavy atom. The highest BCUT2D eigenvalue weighted by Gasteiger charge is 2.32. The first-order valence-electron chi connectivity index (χ1n) is 2.16. The topological polar surface area (TPSA) is 29.5 Å². The molecule has 0 aromatic heterocycles. The minimum Gasteiger partial charge on any atom is -0.366 e. The van der Waals surface area contributed by atoms with E-state index in [2.05, 4.69) is 4.84 Å². The second-order valence-corrected chi connectivity index (χ2v) is 1.63. The first kappa shape index (κ1) is 4.59. The van der Waals surface area contributed by atoms with Crippen molar-refractivity contribution >= 4 is 5.97 Å². The van der Waals surface area contributed by atoms with Gasteiger partial charge in [-0.05, 0) is 6.92 Å². The largest absolute Gasteiger partial charge is 0.366 e. The first-order chi connectivity index (χ1) is 3.22. The van der Waals surface area contributed by atoms with E-state index in [1.807, 2.05) is 0 Å². The Hall–Kier alpha value is -0.570. The van der Waals surface area contributed by atoms with Crippen LogP contribution in [0.2, 0.25) is 0 Å². The number of hydrogen-bond acceptors (Lipinski definition) is 3. The molecule has 1 unspecified atom stereocenters. The van der Waals surface area contributed by atoms with Crippen LogP contribution in [0.25, 0.3) is 0 Å². The van der Waals surface area contributed by atoms with Gasteiger partial charge in [-0.25, -0.2) is 4.79 Å². The van der Waals surface area contributed by atoms with E-state index in [0.29, 0.717) is 0 Å². The molecule has 3 heteroatoms.